The van der Waals surface area contributed by atoms with E-state index in [2.05, 4.69) is 0 Å². The van der Waals surface area contributed by atoms with Gasteiger partial charge >= 0.3 is 679 Å². The van der Waals surface area contributed by atoms with Gasteiger partial charge in [-0.1, -0.05) is 0 Å². The molecule has 84 heteroatoms. The first kappa shape index (κ1) is 350. The summed E-state index contributed by atoms with van der Waals surface area (Å²) in [6.07, 6.45) is 0. The molecule has 0 aliphatic carbocycles. The van der Waals surface area contributed by atoms with Gasteiger partial charge in [-0.3, -0.25) is 87.9 Å². The van der Waals surface area contributed by atoms with E-state index in [9.17, 15) is 0 Å². The summed E-state index contributed by atoms with van der Waals surface area (Å²) in [7, 11) is -35.0. The maximum atomic E-state index is 8.42. The Kier molecular flexibility index (Phi) is 1420. The molecule has 84 heavy (non-hydrogen) atoms. The van der Waals surface area contributed by atoms with Crippen molar-refractivity contribution in [3.8, 4) is 0 Å². The minimum atomic E-state index is -2.92. The van der Waals surface area contributed by atoms with Gasteiger partial charge < -0.3 is 181 Å². The van der Waals surface area contributed by atoms with Gasteiger partial charge in [-0.15, -0.1) is 0 Å². The maximum absolute atomic E-state index is 8.42. The molecule has 0 amide bonds. The van der Waals surface area contributed by atoms with E-state index >= 15 is 0 Å². The molecule has 0 aromatic carbocycles. The summed E-state index contributed by atoms with van der Waals surface area (Å²) in [6.45, 7) is 0. The number of rotatable bonds is 0. The van der Waals surface area contributed by atoms with Crippen LogP contribution in [0.4, 0.5) is 0 Å². The van der Waals surface area contributed by atoms with Crippen LogP contribution in [0.2, 0.25) is 0 Å². The van der Waals surface area contributed by atoms with Crippen LogP contribution in [-0.2, 0) is 0 Å². The van der Waals surface area contributed by atoms with E-state index in [1.54, 1.807) is 0 Å². The van der Waals surface area contributed by atoms with Crippen molar-refractivity contribution in [2.45, 2.75) is 0 Å². The largest absolute Gasteiger partial charge is 1.00 e. The van der Waals surface area contributed by atoms with Crippen molar-refractivity contribution in [3.63, 3.8) is 0 Å². The molecule has 36 nitrogen and oxygen atoms in total. The molecule has 0 aliphatic heterocycles. The van der Waals surface area contributed by atoms with E-state index in [0.717, 1.165) is 0 Å². The Bertz CT molecular complexity index is 308. The fourth-order valence-corrected chi connectivity index (χ4v) is 0. The van der Waals surface area contributed by atoms with E-state index in [4.69, 9.17) is 181 Å². The van der Waals surface area contributed by atoms with Gasteiger partial charge in [0.1, 0.15) is 0 Å². The number of hydrogen-bond donors (Lipinski definition) is 0. The quantitative estimate of drug-likeness (QED) is 0.203. The fourth-order valence-electron chi connectivity index (χ4n) is 0. The predicted molar refractivity (Wildman–Crippen MR) is 69.0 cm³/mol. The molecule has 0 N–H and O–H groups in total. The summed E-state index contributed by atoms with van der Waals surface area (Å²) in [5.74, 6) is 0. The van der Waals surface area contributed by atoms with Gasteiger partial charge in [0.25, 0.3) is 0 Å². The average molecular weight is 956 g/mol. The standard InChI is InChI=1S/12BO3.36Li/c12*2-1(3)4;;;;;;;;;;;;;;;;;;;;;;;;;;;;;;;;;;;;/q12*-3;36*+1. The molecule has 0 aliphatic rings. The summed E-state index contributed by atoms with van der Waals surface area (Å²) < 4.78 is 0. The normalized spacial score (nSPS) is 3.86. The van der Waals surface area contributed by atoms with E-state index in [-0.39, 0.29) is 679 Å². The zero-order chi connectivity index (χ0) is 42.9. The summed E-state index contributed by atoms with van der Waals surface area (Å²) in [6, 6.07) is 0. The molecule has 288 valence electrons. The zero-order valence-electron chi connectivity index (χ0n) is 57.6. The van der Waals surface area contributed by atoms with Gasteiger partial charge in [0.2, 0.25) is 0 Å². The van der Waals surface area contributed by atoms with Crippen LogP contribution in [0.15, 0.2) is 0 Å². The molecule has 0 fully saturated rings. The third-order valence-corrected chi connectivity index (χ3v) is 0. The Balaban J connectivity index is -0.00000000352. The smallest absolute Gasteiger partial charge is 0.907 e. The first-order chi connectivity index (χ1) is 20.8. The third kappa shape index (κ3) is 2450. The molecule has 0 aromatic rings. The second-order valence-electron chi connectivity index (χ2n) is 3.46. The molecule has 0 saturated carbocycles. The Morgan fingerprint density at radius 2 is 0.0595 bits per heavy atom. The minimum absolute atomic E-state index is 0. The molecule has 0 unspecified atom stereocenters. The Labute approximate surface area is 928 Å². The van der Waals surface area contributed by atoms with Crippen LogP contribution in [0, 0.1) is 0 Å². The van der Waals surface area contributed by atoms with Crippen molar-refractivity contribution >= 4 is 87.9 Å². The molecule has 0 bridgehead atoms. The topological polar surface area (TPSA) is 830 Å². The van der Waals surface area contributed by atoms with Crippen LogP contribution < -0.4 is 860 Å². The molecule has 0 heterocycles. The van der Waals surface area contributed by atoms with Gasteiger partial charge in [0.15, 0.2) is 0 Å². The van der Waals surface area contributed by atoms with Crippen LogP contribution in [-0.4, -0.2) is 87.9 Å². The van der Waals surface area contributed by atoms with E-state index in [1.165, 1.54) is 0 Å². The molecule has 0 atom stereocenters. The Hall–Kier alpha value is 20.8. The maximum Gasteiger partial charge on any atom is 1.00 e. The van der Waals surface area contributed by atoms with Crippen molar-refractivity contribution in [2.75, 3.05) is 0 Å². The summed E-state index contributed by atoms with van der Waals surface area (Å²) in [5, 5.41) is 303. The fraction of sp³-hybridized carbons (Fsp3) is 0. The first-order valence-electron chi connectivity index (χ1n) is 8.49. The van der Waals surface area contributed by atoms with E-state index < -0.39 is 87.9 Å². The van der Waals surface area contributed by atoms with Gasteiger partial charge in [0, 0.05) is 0 Å². The van der Waals surface area contributed by atoms with Crippen molar-refractivity contribution in [3.05, 3.63) is 0 Å². The molecule has 0 radical (unpaired) electrons. The van der Waals surface area contributed by atoms with E-state index in [0.29, 0.717) is 0 Å². The Morgan fingerprint density at radius 1 is 0.0595 bits per heavy atom. The van der Waals surface area contributed by atoms with Gasteiger partial charge in [-0.2, -0.15) is 0 Å². The molecule has 0 saturated heterocycles. The molecule has 0 rings (SSSR count). The Morgan fingerprint density at radius 3 is 0.0595 bits per heavy atom. The van der Waals surface area contributed by atoms with Crippen molar-refractivity contribution < 1.29 is 860 Å². The van der Waals surface area contributed by atoms with Crippen LogP contribution >= 0.6 is 0 Å². The average Bonchev–Trinajstić information content (AvgIpc) is 2.61. The van der Waals surface area contributed by atoms with E-state index in [1.807, 2.05) is 0 Å². The monoisotopic (exact) mass is 961 g/mol. The van der Waals surface area contributed by atoms with Gasteiger partial charge in [-0.05, 0) is 0 Å². The first-order valence-corrected chi connectivity index (χ1v) is 8.49. The summed E-state index contributed by atoms with van der Waals surface area (Å²) >= 11 is 0. The molecule has 0 spiro atoms. The van der Waals surface area contributed by atoms with Gasteiger partial charge in [-0.25, -0.2) is 0 Å². The number of hydrogen-bond acceptors (Lipinski definition) is 36. The molecular weight excluding hydrogens is 956 g/mol. The third-order valence-electron chi connectivity index (χ3n) is 0. The van der Waals surface area contributed by atoms with Crippen molar-refractivity contribution in [2.24, 2.45) is 0 Å². The van der Waals surface area contributed by atoms with Crippen LogP contribution in [0.1, 0.15) is 0 Å². The minimum Gasteiger partial charge on any atom is -0.907 e. The summed E-state index contributed by atoms with van der Waals surface area (Å²) in [4.78, 5) is 0. The molecule has 0 aromatic heterocycles. The summed E-state index contributed by atoms with van der Waals surface area (Å²) in [5.41, 5.74) is 0. The van der Waals surface area contributed by atoms with Gasteiger partial charge in [0.05, 0.1) is 0 Å². The van der Waals surface area contributed by atoms with Crippen LogP contribution in [0.25, 0.3) is 0 Å². The van der Waals surface area contributed by atoms with Crippen LogP contribution in [0.5, 0.6) is 0 Å². The van der Waals surface area contributed by atoms with Crippen molar-refractivity contribution in [1.29, 1.82) is 0 Å². The predicted octanol–water partition coefficient (Wildman–Crippen LogP) is -155. The van der Waals surface area contributed by atoms with Crippen LogP contribution in [0.3, 0.4) is 0 Å². The molecular formula is B12Li36O36. The SMILES string of the molecule is [Li+].[Li+].[Li+].[Li+].[Li+].[Li+].[Li+].[Li+].[Li+].[Li+].[Li+].[Li+].[Li+].[Li+].[Li+].[Li+].[Li+].[Li+].[Li+].[Li+].[Li+].[Li+].[Li+].[Li+].[Li+].[Li+].[Li+].[Li+].[Li+].[Li+].[Li+].[Li+].[Li+].[Li+].[Li+].[Li+].[O-]B([O-])[O-].[O-]B([O-])[O-].[O-]B([O-])[O-].[O-]B([O-])[O-].[O-]B([O-])[O-].[O-]B([O-])[O-].[O-]B([O-])[O-].[O-]B([O-])[O-].[O-]B([O-])[O-].[O-]B([O-])[O-].[O-]B([O-])[O-].[O-]B([O-])[O-]. The van der Waals surface area contributed by atoms with Crippen molar-refractivity contribution in [1.82, 2.24) is 0 Å². The second-order valence-corrected chi connectivity index (χ2v) is 3.46. The zero-order valence-corrected chi connectivity index (χ0v) is 57.6. The second kappa shape index (κ2) is 340.